The van der Waals surface area contributed by atoms with Gasteiger partial charge in [-0.2, -0.15) is 0 Å². The van der Waals surface area contributed by atoms with Crippen molar-refractivity contribution in [2.75, 3.05) is 37.6 Å². The van der Waals surface area contributed by atoms with Crippen LogP contribution < -0.4 is 4.90 Å². The Morgan fingerprint density at radius 1 is 0.900 bits per heavy atom. The zero-order chi connectivity index (χ0) is 21.3. The van der Waals surface area contributed by atoms with Crippen molar-refractivity contribution in [1.29, 1.82) is 0 Å². The summed E-state index contributed by atoms with van der Waals surface area (Å²) in [6.07, 6.45) is 1.36. The standard InChI is InChI=1S/C22H21ClFN3O3/c23-19-14-16(24)6-7-18(19)22(30)26-11-9-25(10-12-26)21(29)15-3-1-4-17(13-15)27-8-2-5-20(27)28/h1,3-4,6-7,13-14H,2,5,8-12H2. The van der Waals surface area contributed by atoms with Crippen LogP contribution in [-0.2, 0) is 4.79 Å². The molecule has 0 bridgehead atoms. The minimum atomic E-state index is -0.496. The molecule has 2 aromatic carbocycles. The molecule has 2 aromatic rings. The number of amides is 3. The third-order valence-electron chi connectivity index (χ3n) is 5.49. The second kappa shape index (κ2) is 8.44. The summed E-state index contributed by atoms with van der Waals surface area (Å²) in [6.45, 7) is 2.17. The van der Waals surface area contributed by atoms with Gasteiger partial charge < -0.3 is 14.7 Å². The Balaban J connectivity index is 1.41. The van der Waals surface area contributed by atoms with E-state index in [0.29, 0.717) is 44.7 Å². The summed E-state index contributed by atoms with van der Waals surface area (Å²) in [5.41, 5.74) is 1.51. The predicted octanol–water partition coefficient (Wildman–Crippen LogP) is 3.20. The summed E-state index contributed by atoms with van der Waals surface area (Å²) in [7, 11) is 0. The van der Waals surface area contributed by atoms with Crippen molar-refractivity contribution in [3.8, 4) is 0 Å². The minimum absolute atomic E-state index is 0.0752. The van der Waals surface area contributed by atoms with Gasteiger partial charge in [-0.05, 0) is 42.8 Å². The van der Waals surface area contributed by atoms with E-state index in [4.69, 9.17) is 11.6 Å². The van der Waals surface area contributed by atoms with Crippen molar-refractivity contribution in [2.45, 2.75) is 12.8 Å². The largest absolute Gasteiger partial charge is 0.335 e. The minimum Gasteiger partial charge on any atom is -0.335 e. The average Bonchev–Trinajstić information content (AvgIpc) is 3.19. The Morgan fingerprint density at radius 3 is 2.23 bits per heavy atom. The highest BCUT2D eigenvalue weighted by atomic mass is 35.5. The molecule has 2 aliphatic rings. The summed E-state index contributed by atoms with van der Waals surface area (Å²) in [6, 6.07) is 10.8. The molecule has 4 rings (SSSR count). The van der Waals surface area contributed by atoms with E-state index in [9.17, 15) is 18.8 Å². The Hall–Kier alpha value is -2.93. The highest BCUT2D eigenvalue weighted by molar-refractivity contribution is 6.33. The lowest BCUT2D eigenvalue weighted by molar-refractivity contribution is -0.117. The molecular formula is C22H21ClFN3O3. The fourth-order valence-corrected chi connectivity index (χ4v) is 4.10. The van der Waals surface area contributed by atoms with Gasteiger partial charge in [-0.3, -0.25) is 14.4 Å². The lowest BCUT2D eigenvalue weighted by Gasteiger charge is -2.35. The van der Waals surface area contributed by atoms with Gasteiger partial charge in [0.15, 0.2) is 0 Å². The molecule has 2 saturated heterocycles. The smallest absolute Gasteiger partial charge is 0.255 e. The summed E-state index contributed by atoms with van der Waals surface area (Å²) >= 11 is 6.00. The molecule has 8 heteroatoms. The van der Waals surface area contributed by atoms with Crippen LogP contribution in [0.2, 0.25) is 5.02 Å². The molecule has 2 heterocycles. The van der Waals surface area contributed by atoms with Crippen molar-refractivity contribution >= 4 is 35.0 Å². The van der Waals surface area contributed by atoms with Gasteiger partial charge in [0.2, 0.25) is 5.91 Å². The molecule has 2 fully saturated rings. The maximum Gasteiger partial charge on any atom is 0.255 e. The molecule has 156 valence electrons. The van der Waals surface area contributed by atoms with Crippen molar-refractivity contribution in [3.63, 3.8) is 0 Å². The van der Waals surface area contributed by atoms with E-state index < -0.39 is 5.82 Å². The number of anilines is 1. The molecule has 0 saturated carbocycles. The monoisotopic (exact) mass is 429 g/mol. The second-order valence-corrected chi connectivity index (χ2v) is 7.82. The van der Waals surface area contributed by atoms with Crippen molar-refractivity contribution < 1.29 is 18.8 Å². The van der Waals surface area contributed by atoms with Gasteiger partial charge in [-0.1, -0.05) is 17.7 Å². The Bertz CT molecular complexity index is 1000. The zero-order valence-electron chi connectivity index (χ0n) is 16.3. The van der Waals surface area contributed by atoms with Crippen LogP contribution >= 0.6 is 11.6 Å². The van der Waals surface area contributed by atoms with Gasteiger partial charge in [-0.15, -0.1) is 0 Å². The van der Waals surface area contributed by atoms with Crippen LogP contribution in [0.15, 0.2) is 42.5 Å². The van der Waals surface area contributed by atoms with E-state index in [1.165, 1.54) is 12.1 Å². The molecule has 3 amide bonds. The number of hydrogen-bond donors (Lipinski definition) is 0. The second-order valence-electron chi connectivity index (χ2n) is 7.41. The molecular weight excluding hydrogens is 409 g/mol. The number of nitrogens with zero attached hydrogens (tertiary/aromatic N) is 3. The quantitative estimate of drug-likeness (QED) is 0.752. The number of halogens is 2. The summed E-state index contributed by atoms with van der Waals surface area (Å²) in [5.74, 6) is -0.826. The van der Waals surface area contributed by atoms with E-state index in [-0.39, 0.29) is 28.3 Å². The third kappa shape index (κ3) is 4.03. The highest BCUT2D eigenvalue weighted by Crippen LogP contribution is 2.24. The van der Waals surface area contributed by atoms with Crippen molar-refractivity contribution in [1.82, 2.24) is 9.80 Å². The van der Waals surface area contributed by atoms with Crippen LogP contribution in [0.25, 0.3) is 0 Å². The van der Waals surface area contributed by atoms with E-state index in [2.05, 4.69) is 0 Å². The number of benzene rings is 2. The normalized spacial score (nSPS) is 16.9. The van der Waals surface area contributed by atoms with Crippen LogP contribution in [0.5, 0.6) is 0 Å². The van der Waals surface area contributed by atoms with Gasteiger partial charge in [-0.25, -0.2) is 4.39 Å². The third-order valence-corrected chi connectivity index (χ3v) is 5.81. The predicted molar refractivity (Wildman–Crippen MR) is 111 cm³/mol. The lowest BCUT2D eigenvalue weighted by atomic mass is 10.1. The van der Waals surface area contributed by atoms with Gasteiger partial charge in [0, 0.05) is 50.4 Å². The van der Waals surface area contributed by atoms with Gasteiger partial charge >= 0.3 is 0 Å². The first-order valence-electron chi connectivity index (χ1n) is 9.88. The zero-order valence-corrected chi connectivity index (χ0v) is 17.1. The van der Waals surface area contributed by atoms with E-state index in [0.717, 1.165) is 18.2 Å². The van der Waals surface area contributed by atoms with Gasteiger partial charge in [0.25, 0.3) is 11.8 Å². The van der Waals surface area contributed by atoms with Crippen LogP contribution in [0, 0.1) is 5.82 Å². The first-order valence-corrected chi connectivity index (χ1v) is 10.3. The van der Waals surface area contributed by atoms with E-state index >= 15 is 0 Å². The van der Waals surface area contributed by atoms with Crippen molar-refractivity contribution in [2.24, 2.45) is 0 Å². The highest BCUT2D eigenvalue weighted by Gasteiger charge is 2.27. The summed E-state index contributed by atoms with van der Waals surface area (Å²) in [4.78, 5) is 42.6. The first-order chi connectivity index (χ1) is 14.4. The Labute approximate surface area is 178 Å². The molecule has 6 nitrogen and oxygen atoms in total. The van der Waals surface area contributed by atoms with Crippen LogP contribution in [0.3, 0.4) is 0 Å². The SMILES string of the molecule is O=C(c1cccc(N2CCCC2=O)c1)N1CCN(C(=O)c2ccc(F)cc2Cl)CC1. The lowest BCUT2D eigenvalue weighted by Crippen LogP contribution is -2.50. The molecule has 0 unspecified atom stereocenters. The van der Waals surface area contributed by atoms with Crippen molar-refractivity contribution in [3.05, 3.63) is 64.4 Å². The number of carbonyl (C=O) groups excluding carboxylic acids is 3. The fourth-order valence-electron chi connectivity index (χ4n) is 3.86. The Kier molecular flexibility index (Phi) is 5.72. The molecule has 0 aliphatic carbocycles. The van der Waals surface area contributed by atoms with E-state index in [1.807, 2.05) is 6.07 Å². The molecule has 0 atom stereocenters. The van der Waals surface area contributed by atoms with Gasteiger partial charge in [0.05, 0.1) is 10.6 Å². The van der Waals surface area contributed by atoms with Crippen LogP contribution in [0.4, 0.5) is 10.1 Å². The molecule has 0 N–H and O–H groups in total. The first kappa shape index (κ1) is 20.3. The number of carbonyl (C=O) groups is 3. The summed E-state index contributed by atoms with van der Waals surface area (Å²) in [5, 5.41) is 0.0757. The summed E-state index contributed by atoms with van der Waals surface area (Å²) < 4.78 is 13.2. The molecule has 0 radical (unpaired) electrons. The molecule has 0 spiro atoms. The number of rotatable bonds is 3. The molecule has 0 aromatic heterocycles. The maximum atomic E-state index is 13.2. The van der Waals surface area contributed by atoms with Crippen LogP contribution in [0.1, 0.15) is 33.6 Å². The number of hydrogen-bond acceptors (Lipinski definition) is 3. The average molecular weight is 430 g/mol. The van der Waals surface area contributed by atoms with Gasteiger partial charge in [0.1, 0.15) is 5.82 Å². The maximum absolute atomic E-state index is 13.2. The Morgan fingerprint density at radius 2 is 1.60 bits per heavy atom. The topological polar surface area (TPSA) is 60.9 Å². The van der Waals surface area contributed by atoms with E-state index in [1.54, 1.807) is 32.9 Å². The van der Waals surface area contributed by atoms with Crippen LogP contribution in [-0.4, -0.2) is 60.2 Å². The molecule has 2 aliphatic heterocycles. The fraction of sp³-hybridized carbons (Fsp3) is 0.318. The molecule has 30 heavy (non-hydrogen) atoms. The number of piperazine rings is 1.